The fraction of sp³-hybridized carbons (Fsp3) is 0.526. The third-order valence-corrected chi connectivity index (χ3v) is 6.09. The van der Waals surface area contributed by atoms with E-state index in [-0.39, 0.29) is 24.0 Å². The Balaban J connectivity index is 0.00000196. The highest BCUT2D eigenvalue weighted by atomic mass is 127. The molecule has 2 aromatic rings. The van der Waals surface area contributed by atoms with Crippen molar-refractivity contribution in [2.45, 2.75) is 50.4 Å². The summed E-state index contributed by atoms with van der Waals surface area (Å²) in [6.07, 6.45) is 7.03. The van der Waals surface area contributed by atoms with Gasteiger partial charge >= 0.3 is 0 Å². The van der Waals surface area contributed by atoms with Crippen molar-refractivity contribution in [1.82, 2.24) is 15.0 Å². The average molecular weight is 465 g/mol. The number of nitriles is 1. The SMILES string of the molecule is C[N+]1(C)[C@@H]2CC[C@H]1CC(n1cc(COc3cccc(C#N)c3)nn1)C2.[I-]. The molecule has 6 nitrogen and oxygen atoms in total. The maximum absolute atomic E-state index is 8.95. The molecule has 1 aromatic carbocycles. The predicted molar refractivity (Wildman–Crippen MR) is 92.7 cm³/mol. The van der Waals surface area contributed by atoms with Gasteiger partial charge in [0.05, 0.1) is 50.1 Å². The van der Waals surface area contributed by atoms with Crippen LogP contribution in [0.3, 0.4) is 0 Å². The molecule has 0 aliphatic carbocycles. The number of benzene rings is 1. The molecule has 2 aliphatic rings. The minimum atomic E-state index is 0. The summed E-state index contributed by atoms with van der Waals surface area (Å²) in [5.41, 5.74) is 1.42. The minimum Gasteiger partial charge on any atom is -1.00 e. The van der Waals surface area contributed by atoms with Crippen LogP contribution < -0.4 is 28.7 Å². The smallest absolute Gasteiger partial charge is 0.134 e. The quantitative estimate of drug-likeness (QED) is 0.459. The number of aromatic nitrogens is 3. The topological polar surface area (TPSA) is 63.7 Å². The molecule has 7 heteroatoms. The Bertz CT molecular complexity index is 796. The number of quaternary nitrogens is 1. The Morgan fingerprint density at radius 2 is 2.00 bits per heavy atom. The van der Waals surface area contributed by atoms with Gasteiger partial charge in [-0.05, 0) is 18.2 Å². The third-order valence-electron chi connectivity index (χ3n) is 6.09. The van der Waals surface area contributed by atoms with Crippen LogP contribution in [0.15, 0.2) is 30.5 Å². The Hall–Kier alpha value is -1.66. The van der Waals surface area contributed by atoms with Crippen LogP contribution in [0.25, 0.3) is 0 Å². The molecule has 2 bridgehead atoms. The van der Waals surface area contributed by atoms with Crippen LogP contribution in [0.2, 0.25) is 0 Å². The highest BCUT2D eigenvalue weighted by molar-refractivity contribution is 5.36. The number of fused-ring (bicyclic) bond motifs is 2. The Labute approximate surface area is 171 Å². The largest absolute Gasteiger partial charge is 1.00 e. The van der Waals surface area contributed by atoms with Gasteiger partial charge in [-0.15, -0.1) is 5.10 Å². The van der Waals surface area contributed by atoms with Gasteiger partial charge in [0.25, 0.3) is 0 Å². The minimum absolute atomic E-state index is 0. The molecule has 1 unspecified atom stereocenters. The molecule has 0 radical (unpaired) electrons. The monoisotopic (exact) mass is 465 g/mol. The predicted octanol–water partition coefficient (Wildman–Crippen LogP) is -0.325. The molecule has 4 rings (SSSR count). The van der Waals surface area contributed by atoms with E-state index in [0.717, 1.165) is 22.3 Å². The van der Waals surface area contributed by atoms with E-state index in [0.29, 0.717) is 24.0 Å². The van der Waals surface area contributed by atoms with E-state index in [1.165, 1.54) is 25.7 Å². The van der Waals surface area contributed by atoms with Crippen LogP contribution in [0.4, 0.5) is 0 Å². The molecule has 3 atom stereocenters. The number of rotatable bonds is 4. The number of ether oxygens (including phenoxy) is 1. The van der Waals surface area contributed by atoms with E-state index in [9.17, 15) is 0 Å². The molecule has 2 aliphatic heterocycles. The zero-order valence-corrected chi connectivity index (χ0v) is 17.3. The van der Waals surface area contributed by atoms with Crippen molar-refractivity contribution < 1.29 is 33.2 Å². The maximum Gasteiger partial charge on any atom is 0.134 e. The summed E-state index contributed by atoms with van der Waals surface area (Å²) in [6.45, 7) is 0.371. The van der Waals surface area contributed by atoms with Crippen molar-refractivity contribution in [3.8, 4) is 11.8 Å². The molecule has 138 valence electrons. The molecular formula is C19H24IN5O. The van der Waals surface area contributed by atoms with E-state index in [1.54, 1.807) is 12.1 Å². The summed E-state index contributed by atoms with van der Waals surface area (Å²) >= 11 is 0. The standard InChI is InChI=1S/C19H24N5O.HI/c1-24(2)17-6-7-18(24)10-16(9-17)23-12-15(21-22-23)13-25-19-5-3-4-14(8-19)11-20;/h3-5,8,12,16-18H,6-7,9-10,13H2,1-2H3;1H/q+1;/p-1/t16?,17-,18+;. The van der Waals surface area contributed by atoms with E-state index < -0.39 is 0 Å². The van der Waals surface area contributed by atoms with Crippen molar-refractivity contribution in [3.05, 3.63) is 41.7 Å². The summed E-state index contributed by atoms with van der Waals surface area (Å²) in [5.74, 6) is 0.684. The van der Waals surface area contributed by atoms with Crippen molar-refractivity contribution in [1.29, 1.82) is 5.26 Å². The molecule has 0 amide bonds. The van der Waals surface area contributed by atoms with Gasteiger partial charge in [0, 0.05) is 25.7 Å². The van der Waals surface area contributed by atoms with Gasteiger partial charge in [-0.3, -0.25) is 0 Å². The van der Waals surface area contributed by atoms with E-state index in [2.05, 4.69) is 30.5 Å². The highest BCUT2D eigenvalue weighted by Gasteiger charge is 2.49. The molecule has 0 N–H and O–H groups in total. The number of hydrogen-bond acceptors (Lipinski definition) is 4. The van der Waals surface area contributed by atoms with Gasteiger partial charge in [-0.25, -0.2) is 4.68 Å². The maximum atomic E-state index is 8.95. The van der Waals surface area contributed by atoms with Crippen molar-refractivity contribution in [2.75, 3.05) is 14.1 Å². The summed E-state index contributed by atoms with van der Waals surface area (Å²) in [4.78, 5) is 0. The van der Waals surface area contributed by atoms with Gasteiger partial charge in [0.2, 0.25) is 0 Å². The van der Waals surface area contributed by atoms with Crippen LogP contribution in [0.1, 0.15) is 43.0 Å². The van der Waals surface area contributed by atoms with E-state index in [1.807, 2.05) is 23.0 Å². The van der Waals surface area contributed by atoms with Crippen molar-refractivity contribution >= 4 is 0 Å². The summed E-state index contributed by atoms with van der Waals surface area (Å²) < 4.78 is 8.95. The first-order valence-electron chi connectivity index (χ1n) is 8.93. The molecule has 2 saturated heterocycles. The Morgan fingerprint density at radius 1 is 1.27 bits per heavy atom. The average Bonchev–Trinajstić information content (AvgIpc) is 3.10. The lowest BCUT2D eigenvalue weighted by atomic mass is 9.96. The van der Waals surface area contributed by atoms with Crippen molar-refractivity contribution in [2.24, 2.45) is 0 Å². The van der Waals surface area contributed by atoms with Crippen LogP contribution in [0.5, 0.6) is 5.75 Å². The van der Waals surface area contributed by atoms with Gasteiger partial charge in [-0.1, -0.05) is 11.3 Å². The van der Waals surface area contributed by atoms with Gasteiger partial charge < -0.3 is 33.2 Å². The summed E-state index contributed by atoms with van der Waals surface area (Å²) in [6, 6.07) is 11.2. The number of piperidine rings is 1. The number of nitrogens with zero attached hydrogens (tertiary/aromatic N) is 5. The van der Waals surface area contributed by atoms with Crippen LogP contribution >= 0.6 is 0 Å². The second-order valence-corrected chi connectivity index (χ2v) is 7.76. The van der Waals surface area contributed by atoms with Gasteiger partial charge in [0.15, 0.2) is 0 Å². The van der Waals surface area contributed by atoms with Crippen molar-refractivity contribution in [3.63, 3.8) is 0 Å². The Kier molecular flexibility index (Phi) is 5.53. The molecule has 0 saturated carbocycles. The zero-order chi connectivity index (χ0) is 17.4. The fourth-order valence-electron chi connectivity index (χ4n) is 4.44. The number of halogens is 1. The zero-order valence-electron chi connectivity index (χ0n) is 15.2. The summed E-state index contributed by atoms with van der Waals surface area (Å²) in [7, 11) is 4.74. The lowest BCUT2D eigenvalue weighted by Crippen LogP contribution is -3.00. The summed E-state index contributed by atoms with van der Waals surface area (Å²) in [5, 5.41) is 17.6. The van der Waals surface area contributed by atoms with Crippen LogP contribution in [-0.4, -0.2) is 45.7 Å². The lowest BCUT2D eigenvalue weighted by molar-refractivity contribution is -0.931. The second kappa shape index (κ2) is 7.53. The molecule has 26 heavy (non-hydrogen) atoms. The van der Waals surface area contributed by atoms with E-state index in [4.69, 9.17) is 10.00 Å². The molecule has 3 heterocycles. The third kappa shape index (κ3) is 3.58. The first-order chi connectivity index (χ1) is 12.1. The lowest BCUT2D eigenvalue weighted by Gasteiger charge is -2.44. The Morgan fingerprint density at radius 3 is 2.69 bits per heavy atom. The molecule has 0 spiro atoms. The van der Waals surface area contributed by atoms with E-state index >= 15 is 0 Å². The first-order valence-corrected chi connectivity index (χ1v) is 8.93. The van der Waals surface area contributed by atoms with Gasteiger partial charge in [0.1, 0.15) is 18.1 Å². The molecular weight excluding hydrogens is 441 g/mol. The second-order valence-electron chi connectivity index (χ2n) is 7.76. The molecule has 2 fully saturated rings. The number of hydrogen-bond donors (Lipinski definition) is 0. The van der Waals surface area contributed by atoms with Crippen LogP contribution in [0, 0.1) is 11.3 Å². The first kappa shape index (κ1) is 19.1. The van der Waals surface area contributed by atoms with Crippen LogP contribution in [-0.2, 0) is 6.61 Å². The highest BCUT2D eigenvalue weighted by Crippen LogP contribution is 2.43. The van der Waals surface area contributed by atoms with Gasteiger partial charge in [-0.2, -0.15) is 5.26 Å². The fourth-order valence-corrected chi connectivity index (χ4v) is 4.44. The molecule has 1 aromatic heterocycles. The normalized spacial score (nSPS) is 26.0.